The predicted octanol–water partition coefficient (Wildman–Crippen LogP) is 3.65. The molecule has 4 nitrogen and oxygen atoms in total. The molecule has 0 spiro atoms. The van der Waals surface area contributed by atoms with Gasteiger partial charge in [0.05, 0.1) is 11.3 Å². The van der Waals surface area contributed by atoms with Gasteiger partial charge in [0, 0.05) is 30.2 Å². The van der Waals surface area contributed by atoms with Gasteiger partial charge >= 0.3 is 5.97 Å². The molecule has 0 fully saturated rings. The van der Waals surface area contributed by atoms with Gasteiger partial charge in [-0.05, 0) is 23.6 Å². The second-order valence-electron chi connectivity index (χ2n) is 6.08. The highest BCUT2D eigenvalue weighted by Crippen LogP contribution is 2.31. The van der Waals surface area contributed by atoms with Crippen LogP contribution in [0.4, 0.5) is 0 Å². The Morgan fingerprint density at radius 1 is 1.08 bits per heavy atom. The third kappa shape index (κ3) is 2.56. The fraction of sp³-hybridized carbons (Fsp3) is 0.150. The first-order chi connectivity index (χ1) is 11.7. The van der Waals surface area contributed by atoms with E-state index in [4.69, 9.17) is 0 Å². The summed E-state index contributed by atoms with van der Waals surface area (Å²) in [6, 6.07) is 18.1. The molecule has 120 valence electrons. The van der Waals surface area contributed by atoms with Crippen molar-refractivity contribution in [3.05, 3.63) is 77.6 Å². The molecule has 2 N–H and O–H groups in total. The molecule has 1 aromatic heterocycles. The molecule has 0 radical (unpaired) electrons. The lowest BCUT2D eigenvalue weighted by atomic mass is 10.0. The minimum Gasteiger partial charge on any atom is -0.478 e. The number of fused-ring (bicyclic) bond motifs is 3. The van der Waals surface area contributed by atoms with Gasteiger partial charge in [-0.1, -0.05) is 48.5 Å². The molecule has 0 aliphatic carbocycles. The third-order valence-corrected chi connectivity index (χ3v) is 4.50. The first-order valence-electron chi connectivity index (χ1n) is 8.05. The van der Waals surface area contributed by atoms with Crippen molar-refractivity contribution in [1.29, 1.82) is 0 Å². The fourth-order valence-corrected chi connectivity index (χ4v) is 3.36. The maximum absolute atomic E-state index is 11.8. The van der Waals surface area contributed by atoms with Crippen LogP contribution in [-0.2, 0) is 17.8 Å². The van der Waals surface area contributed by atoms with Crippen LogP contribution in [0.5, 0.6) is 0 Å². The highest BCUT2D eigenvalue weighted by Gasteiger charge is 2.23. The molecule has 4 rings (SSSR count). The standard InChI is InChI=1S/C20H18N2O2/c23-20(24)17-13-22(12-14-6-2-1-3-7-14)11-10-16-15-8-4-5-9-18(15)21-19(16)17/h1-9,13,21H,10-12H2,(H,23,24). The van der Waals surface area contributed by atoms with Crippen LogP contribution in [0.25, 0.3) is 16.5 Å². The number of aliphatic carboxylic acids is 1. The Morgan fingerprint density at radius 3 is 2.62 bits per heavy atom. The molecule has 0 saturated heterocycles. The summed E-state index contributed by atoms with van der Waals surface area (Å²) in [5.41, 5.74) is 4.32. The lowest BCUT2D eigenvalue weighted by molar-refractivity contribution is -0.130. The molecular formula is C20H18N2O2. The van der Waals surface area contributed by atoms with Crippen molar-refractivity contribution in [2.24, 2.45) is 0 Å². The zero-order valence-electron chi connectivity index (χ0n) is 13.2. The van der Waals surface area contributed by atoms with Gasteiger partial charge in [-0.2, -0.15) is 0 Å². The highest BCUT2D eigenvalue weighted by atomic mass is 16.4. The number of rotatable bonds is 3. The second-order valence-corrected chi connectivity index (χ2v) is 6.08. The number of aromatic nitrogens is 1. The van der Waals surface area contributed by atoms with Crippen molar-refractivity contribution in [2.75, 3.05) is 6.54 Å². The van der Waals surface area contributed by atoms with Crippen molar-refractivity contribution in [1.82, 2.24) is 9.88 Å². The Hall–Kier alpha value is -3.01. The Labute approximate surface area is 140 Å². The first kappa shape index (κ1) is 14.6. The number of benzene rings is 2. The van der Waals surface area contributed by atoms with Crippen LogP contribution in [0.3, 0.4) is 0 Å². The number of carboxylic acids is 1. The largest absolute Gasteiger partial charge is 0.478 e. The Morgan fingerprint density at radius 2 is 1.83 bits per heavy atom. The number of carboxylic acid groups (broad SMARTS) is 1. The van der Waals surface area contributed by atoms with E-state index in [9.17, 15) is 9.90 Å². The summed E-state index contributed by atoms with van der Waals surface area (Å²) < 4.78 is 0. The van der Waals surface area contributed by atoms with Crippen LogP contribution < -0.4 is 0 Å². The summed E-state index contributed by atoms with van der Waals surface area (Å²) in [6.07, 6.45) is 2.59. The van der Waals surface area contributed by atoms with E-state index in [-0.39, 0.29) is 0 Å². The summed E-state index contributed by atoms with van der Waals surface area (Å²) in [7, 11) is 0. The number of carbonyl (C=O) groups is 1. The van der Waals surface area contributed by atoms with Gasteiger partial charge in [-0.15, -0.1) is 0 Å². The molecule has 4 heteroatoms. The Balaban J connectivity index is 1.75. The Kier molecular flexibility index (Phi) is 3.58. The first-order valence-corrected chi connectivity index (χ1v) is 8.05. The summed E-state index contributed by atoms with van der Waals surface area (Å²) >= 11 is 0. The van der Waals surface area contributed by atoms with Crippen molar-refractivity contribution in [2.45, 2.75) is 13.0 Å². The lowest BCUT2D eigenvalue weighted by Gasteiger charge is -2.19. The van der Waals surface area contributed by atoms with E-state index in [0.29, 0.717) is 12.1 Å². The van der Waals surface area contributed by atoms with E-state index < -0.39 is 5.97 Å². The van der Waals surface area contributed by atoms with Crippen LogP contribution in [0.15, 0.2) is 60.8 Å². The quantitative estimate of drug-likeness (QED) is 0.775. The van der Waals surface area contributed by atoms with Crippen LogP contribution in [-0.4, -0.2) is 27.5 Å². The van der Waals surface area contributed by atoms with Crippen LogP contribution >= 0.6 is 0 Å². The summed E-state index contributed by atoms with van der Waals surface area (Å²) in [4.78, 5) is 17.2. The Bertz CT molecular complexity index is 925. The van der Waals surface area contributed by atoms with Crippen molar-refractivity contribution in [3.63, 3.8) is 0 Å². The SMILES string of the molecule is O=C(O)C1=CN(Cc2ccccc2)CCc2c1[nH]c1ccccc21. The zero-order chi connectivity index (χ0) is 16.5. The molecule has 0 unspecified atom stereocenters. The molecule has 0 bridgehead atoms. The minimum atomic E-state index is -0.900. The van der Waals surface area contributed by atoms with Crippen LogP contribution in [0.1, 0.15) is 16.8 Å². The van der Waals surface area contributed by atoms with E-state index in [0.717, 1.165) is 35.1 Å². The molecule has 1 aliphatic rings. The van der Waals surface area contributed by atoms with Gasteiger partial charge in [0.2, 0.25) is 0 Å². The molecule has 0 saturated carbocycles. The van der Waals surface area contributed by atoms with Gasteiger partial charge in [-0.3, -0.25) is 0 Å². The summed E-state index contributed by atoms with van der Waals surface area (Å²) in [5, 5.41) is 10.8. The highest BCUT2D eigenvalue weighted by molar-refractivity contribution is 6.16. The van der Waals surface area contributed by atoms with Crippen molar-refractivity contribution in [3.8, 4) is 0 Å². The fourth-order valence-electron chi connectivity index (χ4n) is 3.36. The van der Waals surface area contributed by atoms with Crippen molar-refractivity contribution < 1.29 is 9.90 Å². The summed E-state index contributed by atoms with van der Waals surface area (Å²) in [5.74, 6) is -0.900. The number of para-hydroxylation sites is 1. The number of hydrogen-bond acceptors (Lipinski definition) is 2. The number of aromatic amines is 1. The molecule has 2 aromatic carbocycles. The van der Waals surface area contributed by atoms with Crippen LogP contribution in [0.2, 0.25) is 0 Å². The monoisotopic (exact) mass is 318 g/mol. The van der Waals surface area contributed by atoms with E-state index in [1.54, 1.807) is 6.20 Å². The summed E-state index contributed by atoms with van der Waals surface area (Å²) in [6.45, 7) is 1.50. The molecule has 0 atom stereocenters. The number of nitrogens with zero attached hydrogens (tertiary/aromatic N) is 1. The average molecular weight is 318 g/mol. The third-order valence-electron chi connectivity index (χ3n) is 4.50. The van der Waals surface area contributed by atoms with E-state index in [2.05, 4.69) is 28.1 Å². The maximum atomic E-state index is 11.8. The molecule has 1 aliphatic heterocycles. The normalized spacial score (nSPS) is 14.2. The average Bonchev–Trinajstić information content (AvgIpc) is 2.86. The van der Waals surface area contributed by atoms with Gasteiger partial charge in [0.15, 0.2) is 0 Å². The second kappa shape index (κ2) is 5.89. The van der Waals surface area contributed by atoms with Gasteiger partial charge in [0.25, 0.3) is 0 Å². The van der Waals surface area contributed by atoms with Crippen LogP contribution in [0, 0.1) is 0 Å². The molecule has 2 heterocycles. The number of hydrogen-bond donors (Lipinski definition) is 2. The topological polar surface area (TPSA) is 56.3 Å². The van der Waals surface area contributed by atoms with Crippen molar-refractivity contribution >= 4 is 22.4 Å². The molecular weight excluding hydrogens is 300 g/mol. The lowest BCUT2D eigenvalue weighted by Crippen LogP contribution is -2.19. The maximum Gasteiger partial charge on any atom is 0.339 e. The molecule has 24 heavy (non-hydrogen) atoms. The van der Waals surface area contributed by atoms with Gasteiger partial charge in [-0.25, -0.2) is 4.79 Å². The zero-order valence-corrected chi connectivity index (χ0v) is 13.2. The molecule has 3 aromatic rings. The van der Waals surface area contributed by atoms with E-state index in [1.807, 2.05) is 36.4 Å². The van der Waals surface area contributed by atoms with E-state index >= 15 is 0 Å². The minimum absolute atomic E-state index is 0.328. The number of H-pyrrole nitrogens is 1. The smallest absolute Gasteiger partial charge is 0.339 e. The molecule has 0 amide bonds. The predicted molar refractivity (Wildman–Crippen MR) is 94.5 cm³/mol. The van der Waals surface area contributed by atoms with E-state index in [1.165, 1.54) is 5.56 Å². The van der Waals surface area contributed by atoms with Gasteiger partial charge < -0.3 is 15.0 Å². The van der Waals surface area contributed by atoms with Gasteiger partial charge in [0.1, 0.15) is 0 Å². The number of nitrogens with one attached hydrogen (secondary N) is 1.